The summed E-state index contributed by atoms with van der Waals surface area (Å²) in [6.07, 6.45) is 72.4. The minimum Gasteiger partial charge on any atom is -0.494 e. The van der Waals surface area contributed by atoms with Crippen LogP contribution in [0.3, 0.4) is 0 Å². The molecule has 616 valence electrons. The minimum absolute atomic E-state index is 0.0325. The lowest BCUT2D eigenvalue weighted by molar-refractivity contribution is 0.0546. The van der Waals surface area contributed by atoms with E-state index in [0.717, 1.165) is 109 Å². The summed E-state index contributed by atoms with van der Waals surface area (Å²) in [6.45, 7) is 59.1. The standard InChI is InChI=1S/C15H22O.C15H28O.C14H20O.C14H26O.2C12H22O.C11H14.C8H16O/c1-2-3-4-5-6-11-16-15-10-9-13-7-8-14(13)12-15;1-4-7-8-9-10-11-14-16-15(12-5-2)13-6-3;1-2-3-4-5-10-15-14-9-8-12-6-7-13(12)11-14;1-4-7-8-9-10-11-12-13-15-14(5-2)6-3;1-4-7-8-9-10-11-13-12(5-2)6-3;1-4-7-8-11-13-12(9-5-2)10-6-3;1-2-3-9-4-5-10-6-7-11(10)8-9;1-4-7-9-8(5-2)6-3/h9-10,12H,2-8,11H2,1H3;5-6,15H,2-4,7-14H2,1H3;8-9,11H,2-7,10H2,1H3;5-6,14H,2-4,7-13H2,1H3;2*5-6,12H,2-4,7-11H2,1H3;4-5,8H,2-3,6-7H2,1H3;5,8H,2,4,6-7H2,1,3H3. The molecule has 3 aromatic carbocycles. The van der Waals surface area contributed by atoms with Crippen molar-refractivity contribution in [3.63, 3.8) is 0 Å². The van der Waals surface area contributed by atoms with Crippen LogP contribution < -0.4 is 9.47 Å². The number of ether oxygens (including phenoxy) is 7. The van der Waals surface area contributed by atoms with E-state index in [0.29, 0.717) is 12.2 Å². The molecule has 3 aromatic rings. The molecule has 0 heterocycles. The predicted octanol–water partition coefficient (Wildman–Crippen LogP) is 29.8. The number of hydrogen-bond acceptors (Lipinski definition) is 7. The molecule has 0 amide bonds. The van der Waals surface area contributed by atoms with Gasteiger partial charge in [0.15, 0.2) is 0 Å². The first kappa shape index (κ1) is 105. The van der Waals surface area contributed by atoms with Gasteiger partial charge in [0.1, 0.15) is 11.5 Å². The van der Waals surface area contributed by atoms with Crippen LogP contribution in [0.15, 0.2) is 168 Å². The number of benzene rings is 3. The molecule has 0 saturated carbocycles. The zero-order chi connectivity index (χ0) is 79.8. The lowest BCUT2D eigenvalue weighted by Gasteiger charge is -2.19. The Labute approximate surface area is 669 Å². The summed E-state index contributed by atoms with van der Waals surface area (Å²) in [7, 11) is 0. The van der Waals surface area contributed by atoms with E-state index < -0.39 is 0 Å². The zero-order valence-electron chi connectivity index (χ0n) is 72.1. The Balaban J connectivity index is 0. The summed E-state index contributed by atoms with van der Waals surface area (Å²) in [4.78, 5) is 0. The van der Waals surface area contributed by atoms with Crippen LogP contribution in [0.25, 0.3) is 0 Å². The van der Waals surface area contributed by atoms with Crippen LogP contribution in [-0.2, 0) is 68.6 Å². The fourth-order valence-electron chi connectivity index (χ4n) is 12.1. The van der Waals surface area contributed by atoms with Crippen LogP contribution in [0.5, 0.6) is 11.5 Å². The Kier molecular flexibility index (Phi) is 78.8. The highest BCUT2D eigenvalue weighted by molar-refractivity contribution is 5.42. The molecule has 0 aliphatic heterocycles. The van der Waals surface area contributed by atoms with Gasteiger partial charge in [-0.15, -0.1) is 59.2 Å². The number of fused-ring (bicyclic) bond motifs is 3. The zero-order valence-corrected chi connectivity index (χ0v) is 72.1. The van der Waals surface area contributed by atoms with Crippen LogP contribution in [0.1, 0.15) is 339 Å². The molecule has 7 heteroatoms. The molecule has 1 unspecified atom stereocenters. The highest BCUT2D eigenvalue weighted by Crippen LogP contribution is 2.29. The second-order valence-corrected chi connectivity index (χ2v) is 29.1. The normalized spacial score (nSPS) is 11.8. The quantitative estimate of drug-likeness (QED) is 0.0412. The van der Waals surface area contributed by atoms with Crippen molar-refractivity contribution in [1.82, 2.24) is 0 Å². The number of rotatable bonds is 61. The van der Waals surface area contributed by atoms with Crippen LogP contribution in [0.4, 0.5) is 0 Å². The van der Waals surface area contributed by atoms with Gasteiger partial charge in [0.2, 0.25) is 0 Å². The summed E-state index contributed by atoms with van der Waals surface area (Å²) in [5, 5.41) is 0. The van der Waals surface area contributed by atoms with E-state index in [4.69, 9.17) is 33.2 Å². The van der Waals surface area contributed by atoms with Crippen LogP contribution in [-0.4, -0.2) is 76.8 Å². The maximum atomic E-state index is 5.79. The SMILES string of the molecule is C=CC(C=C)OCCCCCCC.C=CC(C=C)OCCCCCCCCC.C=CC(CC)OCCC.C=CCC(CC=C)OCCCCC.C=CCC(CC=C)OCCCCCCCC.CCCCCCCOc1ccc2c(c1)CC2.CCCCCCOc1ccc2c(c1)CC2.CCCc1ccc2c(c1)CC2. The summed E-state index contributed by atoms with van der Waals surface area (Å²) >= 11 is 0. The van der Waals surface area contributed by atoms with Crippen molar-refractivity contribution in [3.8, 4) is 11.5 Å². The Hall–Kier alpha value is -5.28. The second-order valence-electron chi connectivity index (χ2n) is 29.1. The average molecular weight is 1500 g/mol. The predicted molar refractivity (Wildman–Crippen MR) is 479 cm³/mol. The van der Waals surface area contributed by atoms with Gasteiger partial charge in [-0.25, -0.2) is 0 Å². The van der Waals surface area contributed by atoms with E-state index in [1.165, 1.54) is 259 Å². The first-order valence-electron chi connectivity index (χ1n) is 44.2. The molecular weight excluding hydrogens is 1330 g/mol. The molecule has 0 radical (unpaired) electrons. The van der Waals surface area contributed by atoms with Gasteiger partial charge >= 0.3 is 0 Å². The van der Waals surface area contributed by atoms with E-state index in [-0.39, 0.29) is 18.3 Å². The third kappa shape index (κ3) is 61.4. The van der Waals surface area contributed by atoms with Crippen molar-refractivity contribution in [2.75, 3.05) is 46.2 Å². The van der Waals surface area contributed by atoms with E-state index in [9.17, 15) is 0 Å². The maximum absolute atomic E-state index is 5.79. The molecular formula is C101H170O7. The van der Waals surface area contributed by atoms with Crippen molar-refractivity contribution in [1.29, 1.82) is 0 Å². The minimum atomic E-state index is 0.0325. The molecule has 0 bridgehead atoms. The topological polar surface area (TPSA) is 64.6 Å². The Morgan fingerprint density at radius 3 is 0.861 bits per heavy atom. The Morgan fingerprint density at radius 1 is 0.278 bits per heavy atom. The maximum Gasteiger partial charge on any atom is 0.119 e. The van der Waals surface area contributed by atoms with Crippen molar-refractivity contribution in [3.05, 3.63) is 207 Å². The van der Waals surface area contributed by atoms with Crippen LogP contribution in [0.2, 0.25) is 0 Å². The van der Waals surface area contributed by atoms with Gasteiger partial charge in [0.25, 0.3) is 0 Å². The largest absolute Gasteiger partial charge is 0.494 e. The van der Waals surface area contributed by atoms with Crippen LogP contribution in [0, 0.1) is 0 Å². The Bertz CT molecular complexity index is 2520. The molecule has 3 aliphatic rings. The summed E-state index contributed by atoms with van der Waals surface area (Å²) in [6, 6.07) is 20.0. The fraction of sp³-hybridized carbons (Fsp3) is 0.644. The number of hydrogen-bond donors (Lipinski definition) is 0. The third-order valence-corrected chi connectivity index (χ3v) is 19.4. The van der Waals surface area contributed by atoms with Gasteiger partial charge in [-0.1, -0.05) is 308 Å². The number of aryl methyl sites for hydroxylation is 7. The summed E-state index contributed by atoms with van der Waals surface area (Å²) < 4.78 is 39.3. The molecule has 0 spiro atoms. The number of unbranched alkanes of at least 4 members (excludes halogenated alkanes) is 24. The molecule has 0 fully saturated rings. The molecule has 6 rings (SSSR count). The van der Waals surface area contributed by atoms with Crippen molar-refractivity contribution >= 4 is 0 Å². The van der Waals surface area contributed by atoms with Gasteiger partial charge in [0, 0.05) is 33.0 Å². The van der Waals surface area contributed by atoms with Crippen molar-refractivity contribution < 1.29 is 33.2 Å². The molecule has 3 aliphatic carbocycles. The summed E-state index contributed by atoms with van der Waals surface area (Å²) in [5.41, 5.74) is 10.7. The highest BCUT2D eigenvalue weighted by Gasteiger charge is 2.15. The van der Waals surface area contributed by atoms with Gasteiger partial charge in [-0.05, 0) is 185 Å². The van der Waals surface area contributed by atoms with Gasteiger partial charge in [0.05, 0.1) is 43.7 Å². The smallest absolute Gasteiger partial charge is 0.119 e. The molecule has 0 N–H and O–H groups in total. The molecule has 0 saturated heterocycles. The Morgan fingerprint density at radius 2 is 0.574 bits per heavy atom. The summed E-state index contributed by atoms with van der Waals surface area (Å²) in [5.74, 6) is 2.12. The molecule has 1 atom stereocenters. The van der Waals surface area contributed by atoms with Crippen LogP contribution >= 0.6 is 0 Å². The molecule has 7 nitrogen and oxygen atoms in total. The molecule has 0 aromatic heterocycles. The van der Waals surface area contributed by atoms with E-state index in [2.05, 4.69) is 176 Å². The van der Waals surface area contributed by atoms with E-state index in [1.54, 1.807) is 35.4 Å². The lowest BCUT2D eigenvalue weighted by Crippen LogP contribution is -2.11. The lowest BCUT2D eigenvalue weighted by atomic mass is 9.87. The highest BCUT2D eigenvalue weighted by atomic mass is 16.5. The first-order valence-corrected chi connectivity index (χ1v) is 44.2. The van der Waals surface area contributed by atoms with E-state index >= 15 is 0 Å². The third-order valence-electron chi connectivity index (χ3n) is 19.4. The van der Waals surface area contributed by atoms with Gasteiger partial charge in [-0.2, -0.15) is 0 Å². The van der Waals surface area contributed by atoms with Gasteiger partial charge in [-0.3, -0.25) is 0 Å². The first-order chi connectivity index (χ1) is 52.9. The monoisotopic (exact) mass is 1500 g/mol. The average Bonchev–Trinajstić information content (AvgIpc) is 0.837. The van der Waals surface area contributed by atoms with Gasteiger partial charge < -0.3 is 33.2 Å². The second kappa shape index (κ2) is 81.2. The van der Waals surface area contributed by atoms with Crippen molar-refractivity contribution in [2.24, 2.45) is 0 Å². The van der Waals surface area contributed by atoms with Crippen molar-refractivity contribution in [2.45, 2.75) is 375 Å². The molecule has 108 heavy (non-hydrogen) atoms. The van der Waals surface area contributed by atoms with E-state index in [1.807, 2.05) is 30.4 Å². The fourth-order valence-corrected chi connectivity index (χ4v) is 12.1.